The van der Waals surface area contributed by atoms with Gasteiger partial charge in [-0.15, -0.1) is 0 Å². The van der Waals surface area contributed by atoms with Crippen molar-refractivity contribution in [3.8, 4) is 11.1 Å². The van der Waals surface area contributed by atoms with Crippen LogP contribution in [0.1, 0.15) is 43.8 Å². The van der Waals surface area contributed by atoms with Crippen molar-refractivity contribution in [3.05, 3.63) is 58.3 Å². The lowest BCUT2D eigenvalue weighted by atomic mass is 9.85. The topological polar surface area (TPSA) is 83.4 Å². The second kappa shape index (κ2) is 8.79. The molecule has 0 unspecified atom stereocenters. The summed E-state index contributed by atoms with van der Waals surface area (Å²) in [7, 11) is 0. The van der Waals surface area contributed by atoms with Gasteiger partial charge in [-0.05, 0) is 37.0 Å². The van der Waals surface area contributed by atoms with Crippen molar-refractivity contribution < 1.29 is 14.3 Å². The van der Waals surface area contributed by atoms with E-state index in [0.29, 0.717) is 24.6 Å². The number of fused-ring (bicyclic) bond motifs is 4. The number of halogens is 1. The van der Waals surface area contributed by atoms with E-state index in [2.05, 4.69) is 10.6 Å². The summed E-state index contributed by atoms with van der Waals surface area (Å²) in [4.78, 5) is 26.5. The summed E-state index contributed by atoms with van der Waals surface area (Å²) >= 11 is 0. The number of rotatable bonds is 5. The fraction of sp³-hybridized carbons (Fsp3) is 0.520. The Morgan fingerprint density at radius 1 is 1.12 bits per heavy atom. The highest BCUT2D eigenvalue weighted by atomic mass is 19.1. The van der Waals surface area contributed by atoms with Gasteiger partial charge in [0, 0.05) is 42.9 Å². The number of aromatic nitrogens is 1. The quantitative estimate of drug-likeness (QED) is 0.669. The van der Waals surface area contributed by atoms with Crippen LogP contribution in [0.25, 0.3) is 11.1 Å². The number of carbonyl (C=O) groups is 1. The van der Waals surface area contributed by atoms with E-state index < -0.39 is 11.7 Å². The van der Waals surface area contributed by atoms with Crippen LogP contribution in [0, 0.1) is 23.6 Å². The zero-order valence-corrected chi connectivity index (χ0v) is 18.1. The van der Waals surface area contributed by atoms with Crippen LogP contribution in [-0.4, -0.2) is 34.8 Å². The summed E-state index contributed by atoms with van der Waals surface area (Å²) in [5.74, 6) is -0.695. The number of hydrogen-bond donors (Lipinski definition) is 3. The van der Waals surface area contributed by atoms with Crippen LogP contribution in [0.3, 0.4) is 0 Å². The third-order valence-electron chi connectivity index (χ3n) is 7.60. The summed E-state index contributed by atoms with van der Waals surface area (Å²) in [5.41, 5.74) is 1.05. The van der Waals surface area contributed by atoms with Gasteiger partial charge in [0.2, 0.25) is 5.91 Å². The van der Waals surface area contributed by atoms with Gasteiger partial charge in [-0.25, -0.2) is 4.39 Å². The van der Waals surface area contributed by atoms with Crippen molar-refractivity contribution in [2.75, 3.05) is 13.2 Å². The van der Waals surface area contributed by atoms with Gasteiger partial charge >= 0.3 is 0 Å². The van der Waals surface area contributed by atoms with Gasteiger partial charge in [0.25, 0.3) is 5.56 Å². The Bertz CT molecular complexity index is 1060. The number of aliphatic hydroxyl groups excluding tert-OH is 1. The van der Waals surface area contributed by atoms with Crippen molar-refractivity contribution in [2.45, 2.75) is 50.7 Å². The number of benzene rings is 1. The minimum absolute atomic E-state index is 0.0614. The molecule has 5 rings (SSSR count). The van der Waals surface area contributed by atoms with Crippen molar-refractivity contribution >= 4 is 5.91 Å². The number of carbonyl (C=O) groups excluding carboxylic acids is 1. The Morgan fingerprint density at radius 3 is 2.66 bits per heavy atom. The Kier molecular flexibility index (Phi) is 5.86. The van der Waals surface area contributed by atoms with Gasteiger partial charge in [0.1, 0.15) is 5.82 Å². The summed E-state index contributed by atoms with van der Waals surface area (Å²) < 4.78 is 16.0. The number of hydrogen-bond acceptors (Lipinski definition) is 4. The molecule has 1 saturated carbocycles. The first-order valence-electron chi connectivity index (χ1n) is 11.7. The van der Waals surface area contributed by atoms with Gasteiger partial charge in [-0.1, -0.05) is 37.5 Å². The zero-order chi connectivity index (χ0) is 22.2. The predicted molar refractivity (Wildman–Crippen MR) is 119 cm³/mol. The maximum absolute atomic E-state index is 14.3. The highest BCUT2D eigenvalue weighted by Gasteiger charge is 2.50. The van der Waals surface area contributed by atoms with E-state index in [9.17, 15) is 19.1 Å². The molecule has 4 atom stereocenters. The minimum Gasteiger partial charge on any atom is -0.396 e. The van der Waals surface area contributed by atoms with Crippen molar-refractivity contribution in [2.24, 2.45) is 17.8 Å². The second-order valence-corrected chi connectivity index (χ2v) is 9.44. The van der Waals surface area contributed by atoms with Gasteiger partial charge in [-0.2, -0.15) is 0 Å². The Balaban J connectivity index is 1.43. The molecule has 2 fully saturated rings. The van der Waals surface area contributed by atoms with Crippen LogP contribution < -0.4 is 16.2 Å². The Hall–Kier alpha value is -2.51. The molecule has 1 aromatic carbocycles. The number of aliphatic hydroxyl groups is 1. The summed E-state index contributed by atoms with van der Waals surface area (Å²) in [6.45, 7) is 0.896. The van der Waals surface area contributed by atoms with Crippen LogP contribution in [0.2, 0.25) is 0 Å². The molecule has 32 heavy (non-hydrogen) atoms. The number of amides is 1. The van der Waals surface area contributed by atoms with E-state index in [0.717, 1.165) is 18.5 Å². The number of pyridine rings is 1. The van der Waals surface area contributed by atoms with Gasteiger partial charge in [-0.3, -0.25) is 9.59 Å². The molecule has 2 bridgehead atoms. The zero-order valence-electron chi connectivity index (χ0n) is 18.1. The fourth-order valence-electron chi connectivity index (χ4n) is 5.89. The maximum Gasteiger partial charge on any atom is 0.258 e. The van der Waals surface area contributed by atoms with E-state index in [1.54, 1.807) is 28.8 Å². The van der Waals surface area contributed by atoms with Crippen LogP contribution >= 0.6 is 0 Å². The van der Waals surface area contributed by atoms with Gasteiger partial charge in [0.15, 0.2) is 0 Å². The lowest BCUT2D eigenvalue weighted by molar-refractivity contribution is -0.127. The standard InChI is InChI=1S/C25H30FN3O3/c26-19-9-5-4-8-16(19)17-10-11-21-23-22(24(31)27-12-15-6-2-1-3-7-15)18(14-30)20(28-23)13-29(21)25(17)32/h4-5,8-11,15,18,20,22-23,28,30H,1-3,6-7,12-14H2,(H,27,31)/t18-,20-,22+,23+/m0/s1. The largest absolute Gasteiger partial charge is 0.396 e. The van der Waals surface area contributed by atoms with Crippen LogP contribution in [0.4, 0.5) is 4.39 Å². The van der Waals surface area contributed by atoms with E-state index in [4.69, 9.17) is 0 Å². The second-order valence-electron chi connectivity index (χ2n) is 9.44. The molecular weight excluding hydrogens is 409 g/mol. The van der Waals surface area contributed by atoms with Crippen molar-refractivity contribution in [1.29, 1.82) is 0 Å². The molecular formula is C25H30FN3O3. The predicted octanol–water partition coefficient (Wildman–Crippen LogP) is 2.60. The molecule has 1 aliphatic carbocycles. The third kappa shape index (κ3) is 3.67. The molecule has 7 heteroatoms. The SMILES string of the molecule is O=C(NCC1CCCCC1)[C@@H]1[C@@H](CO)[C@@H]2Cn3c(ccc(-c4ccccc4F)c3=O)[C@H]1N2. The molecule has 6 nitrogen and oxygen atoms in total. The van der Waals surface area contributed by atoms with Crippen LogP contribution in [-0.2, 0) is 11.3 Å². The highest BCUT2D eigenvalue weighted by molar-refractivity contribution is 5.80. The highest BCUT2D eigenvalue weighted by Crippen LogP contribution is 2.41. The van der Waals surface area contributed by atoms with Crippen LogP contribution in [0.15, 0.2) is 41.2 Å². The normalized spacial score (nSPS) is 27.2. The number of nitrogens with zero attached hydrogens (tertiary/aromatic N) is 1. The summed E-state index contributed by atoms with van der Waals surface area (Å²) in [6.07, 6.45) is 6.01. The summed E-state index contributed by atoms with van der Waals surface area (Å²) in [5, 5.41) is 16.7. The van der Waals surface area contributed by atoms with Gasteiger partial charge < -0.3 is 20.3 Å². The third-order valence-corrected chi connectivity index (χ3v) is 7.60. The van der Waals surface area contributed by atoms with Gasteiger partial charge in [0.05, 0.1) is 17.5 Å². The van der Waals surface area contributed by atoms with E-state index in [-0.39, 0.29) is 41.6 Å². The molecule has 2 aliphatic heterocycles. The van der Waals surface area contributed by atoms with E-state index in [1.165, 1.54) is 25.3 Å². The van der Waals surface area contributed by atoms with Crippen LogP contribution in [0.5, 0.6) is 0 Å². The first kappa shape index (κ1) is 21.3. The molecule has 2 aromatic rings. The number of nitrogens with one attached hydrogen (secondary N) is 2. The lowest BCUT2D eigenvalue weighted by Gasteiger charge is -2.28. The summed E-state index contributed by atoms with van der Waals surface area (Å²) in [6, 6.07) is 9.20. The average molecular weight is 440 g/mol. The van der Waals surface area contributed by atoms with Crippen molar-refractivity contribution in [1.82, 2.24) is 15.2 Å². The monoisotopic (exact) mass is 439 g/mol. The lowest BCUT2D eigenvalue weighted by Crippen LogP contribution is -2.43. The molecule has 3 N–H and O–H groups in total. The van der Waals surface area contributed by atoms with E-state index >= 15 is 0 Å². The van der Waals surface area contributed by atoms with E-state index in [1.807, 2.05) is 6.07 Å². The molecule has 0 radical (unpaired) electrons. The Labute approximate surface area is 186 Å². The van der Waals surface area contributed by atoms with Crippen molar-refractivity contribution in [3.63, 3.8) is 0 Å². The molecule has 170 valence electrons. The molecule has 1 saturated heterocycles. The Morgan fingerprint density at radius 2 is 1.91 bits per heavy atom. The fourth-order valence-corrected chi connectivity index (χ4v) is 5.89. The maximum atomic E-state index is 14.3. The molecule has 1 amide bonds. The first-order chi connectivity index (χ1) is 15.6. The smallest absolute Gasteiger partial charge is 0.258 e. The molecule has 3 aliphatic rings. The first-order valence-corrected chi connectivity index (χ1v) is 11.7. The molecule has 0 spiro atoms. The molecule has 1 aromatic heterocycles. The molecule has 3 heterocycles. The minimum atomic E-state index is -0.443. The average Bonchev–Trinajstić information content (AvgIpc) is 3.12.